The number of methoxy groups -OCH3 is 1. The Balaban J connectivity index is 2.26. The summed E-state index contributed by atoms with van der Waals surface area (Å²) in [7, 11) is 1.58. The van der Waals surface area contributed by atoms with Gasteiger partial charge in [-0.25, -0.2) is 4.68 Å². The van der Waals surface area contributed by atoms with Crippen LogP contribution >= 0.6 is 0 Å². The van der Waals surface area contributed by atoms with Gasteiger partial charge in [0, 0.05) is 0 Å². The molecule has 1 aromatic heterocycles. The predicted molar refractivity (Wildman–Crippen MR) is 65.4 cm³/mol. The van der Waals surface area contributed by atoms with Crippen molar-refractivity contribution in [1.29, 1.82) is 0 Å². The zero-order valence-corrected chi connectivity index (χ0v) is 9.74. The van der Waals surface area contributed by atoms with Crippen molar-refractivity contribution >= 4 is 11.5 Å². The standard InChI is InChI=1S/C11H12N4O3/c1-18-9-4-2-3-8(5-9)7-14-11(12)10(6-13-14)15(16)17/h2-6H,7,12H2,1H3. The second-order valence-electron chi connectivity index (χ2n) is 3.68. The van der Waals surface area contributed by atoms with Crippen LogP contribution in [0.25, 0.3) is 0 Å². The molecule has 2 rings (SSSR count). The molecule has 1 aromatic carbocycles. The van der Waals surface area contributed by atoms with Gasteiger partial charge in [-0.3, -0.25) is 10.1 Å². The Labute approximate surface area is 103 Å². The molecule has 0 spiro atoms. The van der Waals surface area contributed by atoms with Gasteiger partial charge >= 0.3 is 5.69 Å². The zero-order valence-electron chi connectivity index (χ0n) is 9.74. The van der Waals surface area contributed by atoms with E-state index in [1.165, 1.54) is 4.68 Å². The van der Waals surface area contributed by atoms with E-state index in [0.717, 1.165) is 11.8 Å². The van der Waals surface area contributed by atoms with Crippen molar-refractivity contribution in [3.63, 3.8) is 0 Å². The molecule has 0 atom stereocenters. The Morgan fingerprint density at radius 1 is 1.56 bits per heavy atom. The van der Waals surface area contributed by atoms with Crippen molar-refractivity contribution in [2.45, 2.75) is 6.54 Å². The van der Waals surface area contributed by atoms with E-state index in [1.807, 2.05) is 24.3 Å². The van der Waals surface area contributed by atoms with Crippen LogP contribution in [0, 0.1) is 10.1 Å². The summed E-state index contributed by atoms with van der Waals surface area (Å²) >= 11 is 0. The van der Waals surface area contributed by atoms with Gasteiger partial charge < -0.3 is 10.5 Å². The molecule has 7 heteroatoms. The molecular formula is C11H12N4O3. The molecule has 0 aliphatic carbocycles. The van der Waals surface area contributed by atoms with E-state index in [1.54, 1.807) is 7.11 Å². The summed E-state index contributed by atoms with van der Waals surface area (Å²) in [5, 5.41) is 14.5. The van der Waals surface area contributed by atoms with Crippen molar-refractivity contribution < 1.29 is 9.66 Å². The Bertz CT molecular complexity index is 579. The van der Waals surface area contributed by atoms with E-state index >= 15 is 0 Å². The second-order valence-corrected chi connectivity index (χ2v) is 3.68. The van der Waals surface area contributed by atoms with Gasteiger partial charge in [-0.1, -0.05) is 12.1 Å². The molecule has 0 fully saturated rings. The number of nitrogen functional groups attached to an aromatic ring is 1. The molecule has 94 valence electrons. The highest BCUT2D eigenvalue weighted by molar-refractivity contribution is 5.51. The summed E-state index contributed by atoms with van der Waals surface area (Å²) in [5.74, 6) is 0.760. The van der Waals surface area contributed by atoms with Crippen LogP contribution in [-0.2, 0) is 6.54 Å². The lowest BCUT2D eigenvalue weighted by atomic mass is 10.2. The van der Waals surface area contributed by atoms with Crippen LogP contribution in [0.15, 0.2) is 30.5 Å². The quantitative estimate of drug-likeness (QED) is 0.652. The molecular weight excluding hydrogens is 236 g/mol. The Hall–Kier alpha value is -2.57. The highest BCUT2D eigenvalue weighted by Crippen LogP contribution is 2.21. The number of nitrogens with zero attached hydrogens (tertiary/aromatic N) is 3. The third-order valence-electron chi connectivity index (χ3n) is 2.52. The maximum atomic E-state index is 10.6. The predicted octanol–water partition coefficient (Wildman–Crippen LogP) is 1.43. The number of hydrogen-bond acceptors (Lipinski definition) is 5. The monoisotopic (exact) mass is 248 g/mol. The number of benzene rings is 1. The molecule has 1 heterocycles. The molecule has 0 aliphatic rings. The molecule has 0 bridgehead atoms. The first-order chi connectivity index (χ1) is 8.61. The van der Waals surface area contributed by atoms with Gasteiger partial charge in [0.05, 0.1) is 18.6 Å². The highest BCUT2D eigenvalue weighted by atomic mass is 16.6. The third-order valence-corrected chi connectivity index (χ3v) is 2.52. The minimum absolute atomic E-state index is 0.0443. The topological polar surface area (TPSA) is 96.2 Å². The van der Waals surface area contributed by atoms with Crippen LogP contribution in [0.4, 0.5) is 11.5 Å². The Morgan fingerprint density at radius 3 is 2.94 bits per heavy atom. The van der Waals surface area contributed by atoms with Crippen molar-refractivity contribution in [3.05, 3.63) is 46.1 Å². The number of nitrogens with two attached hydrogens (primary N) is 1. The van der Waals surface area contributed by atoms with Crippen LogP contribution in [-0.4, -0.2) is 21.8 Å². The largest absolute Gasteiger partial charge is 0.497 e. The fraction of sp³-hybridized carbons (Fsp3) is 0.182. The first-order valence-electron chi connectivity index (χ1n) is 5.20. The van der Waals surface area contributed by atoms with E-state index in [9.17, 15) is 10.1 Å². The van der Waals surface area contributed by atoms with Crippen molar-refractivity contribution in [2.24, 2.45) is 0 Å². The SMILES string of the molecule is COc1cccc(Cn2ncc([N+](=O)[O-])c2N)c1. The highest BCUT2D eigenvalue weighted by Gasteiger charge is 2.17. The lowest BCUT2D eigenvalue weighted by molar-refractivity contribution is -0.384. The smallest absolute Gasteiger partial charge is 0.330 e. The summed E-state index contributed by atoms with van der Waals surface area (Å²) in [6.45, 7) is 0.358. The van der Waals surface area contributed by atoms with Gasteiger partial charge in [-0.05, 0) is 17.7 Å². The Kier molecular flexibility index (Phi) is 3.13. The zero-order chi connectivity index (χ0) is 13.1. The number of ether oxygens (including phenoxy) is 1. The van der Waals surface area contributed by atoms with E-state index in [0.29, 0.717) is 12.3 Å². The lowest BCUT2D eigenvalue weighted by Gasteiger charge is -2.05. The first kappa shape index (κ1) is 11.9. The summed E-state index contributed by atoms with van der Waals surface area (Å²) in [6.07, 6.45) is 1.15. The molecule has 0 saturated heterocycles. The maximum Gasteiger partial charge on any atom is 0.330 e. The molecule has 2 aromatic rings. The first-order valence-corrected chi connectivity index (χ1v) is 5.20. The van der Waals surface area contributed by atoms with Crippen molar-refractivity contribution in [1.82, 2.24) is 9.78 Å². The van der Waals surface area contributed by atoms with Gasteiger partial charge in [-0.15, -0.1) is 0 Å². The van der Waals surface area contributed by atoms with E-state index in [2.05, 4.69) is 5.10 Å². The molecule has 0 amide bonds. The summed E-state index contributed by atoms with van der Waals surface area (Å²) in [6, 6.07) is 7.35. The Morgan fingerprint density at radius 2 is 2.33 bits per heavy atom. The van der Waals surface area contributed by atoms with E-state index < -0.39 is 4.92 Å². The number of hydrogen-bond donors (Lipinski definition) is 1. The van der Waals surface area contributed by atoms with Crippen LogP contribution in [0.1, 0.15) is 5.56 Å². The van der Waals surface area contributed by atoms with Crippen LogP contribution in [0.3, 0.4) is 0 Å². The minimum Gasteiger partial charge on any atom is -0.497 e. The molecule has 0 unspecified atom stereocenters. The summed E-state index contributed by atoms with van der Waals surface area (Å²) in [5.41, 5.74) is 6.37. The second kappa shape index (κ2) is 4.74. The summed E-state index contributed by atoms with van der Waals surface area (Å²) < 4.78 is 6.48. The molecule has 0 radical (unpaired) electrons. The molecule has 2 N–H and O–H groups in total. The van der Waals surface area contributed by atoms with E-state index in [4.69, 9.17) is 10.5 Å². The minimum atomic E-state index is -0.551. The average molecular weight is 248 g/mol. The van der Waals surface area contributed by atoms with Gasteiger partial charge in [0.25, 0.3) is 0 Å². The molecule has 0 saturated carbocycles. The van der Waals surface area contributed by atoms with Gasteiger partial charge in [0.1, 0.15) is 11.9 Å². The van der Waals surface area contributed by atoms with Gasteiger partial charge in [0.15, 0.2) is 0 Å². The third kappa shape index (κ3) is 2.24. The van der Waals surface area contributed by atoms with Gasteiger partial charge in [-0.2, -0.15) is 5.10 Å². The number of rotatable bonds is 4. The maximum absolute atomic E-state index is 10.6. The normalized spacial score (nSPS) is 10.3. The van der Waals surface area contributed by atoms with Crippen molar-refractivity contribution in [3.8, 4) is 5.75 Å². The van der Waals surface area contributed by atoms with Crippen LogP contribution < -0.4 is 10.5 Å². The molecule has 7 nitrogen and oxygen atoms in total. The molecule has 0 aliphatic heterocycles. The van der Waals surface area contributed by atoms with Gasteiger partial charge in [0.2, 0.25) is 5.82 Å². The number of aromatic nitrogens is 2. The van der Waals surface area contributed by atoms with Crippen LogP contribution in [0.5, 0.6) is 5.75 Å². The fourth-order valence-corrected chi connectivity index (χ4v) is 1.60. The number of anilines is 1. The van der Waals surface area contributed by atoms with E-state index in [-0.39, 0.29) is 11.5 Å². The number of nitro groups is 1. The fourth-order valence-electron chi connectivity index (χ4n) is 1.60. The lowest BCUT2D eigenvalue weighted by Crippen LogP contribution is -2.06. The molecule has 18 heavy (non-hydrogen) atoms. The average Bonchev–Trinajstić information content (AvgIpc) is 2.71. The van der Waals surface area contributed by atoms with Crippen molar-refractivity contribution in [2.75, 3.05) is 12.8 Å². The summed E-state index contributed by atoms with van der Waals surface area (Å²) in [4.78, 5) is 10.1. The van der Waals surface area contributed by atoms with Crippen LogP contribution in [0.2, 0.25) is 0 Å².